The Morgan fingerprint density at radius 1 is 0.380 bits per heavy atom. The maximum Gasteiger partial charge on any atom is 0.0737 e. The molecule has 234 valence electrons. The molecule has 6 aromatic heterocycles. The van der Waals surface area contributed by atoms with E-state index in [1.807, 2.05) is 60.9 Å². The Kier molecular flexibility index (Phi) is 7.04. The molecule has 8 bridgehead atoms. The third kappa shape index (κ3) is 5.09. The van der Waals surface area contributed by atoms with Crippen molar-refractivity contribution in [3.8, 4) is 56.9 Å². The molecule has 0 spiro atoms. The van der Waals surface area contributed by atoms with Gasteiger partial charge in [-0.3, -0.25) is 15.0 Å². The van der Waals surface area contributed by atoms with Gasteiger partial charge in [0.15, 0.2) is 0 Å². The minimum absolute atomic E-state index is 0.816. The molecule has 8 heterocycles. The first kappa shape index (κ1) is 29.0. The van der Waals surface area contributed by atoms with Crippen molar-refractivity contribution in [2.45, 2.75) is 0 Å². The summed E-state index contributed by atoms with van der Waals surface area (Å²) in [5, 5.41) is 0. The van der Waals surface area contributed by atoms with E-state index >= 15 is 0 Å². The summed E-state index contributed by atoms with van der Waals surface area (Å²) in [7, 11) is 0. The monoisotopic (exact) mass is 641 g/mol. The number of benzene rings is 1. The minimum atomic E-state index is 0.816. The van der Waals surface area contributed by atoms with Gasteiger partial charge >= 0.3 is 0 Å². The minimum Gasteiger partial charge on any atom is -0.354 e. The van der Waals surface area contributed by atoms with Crippen molar-refractivity contribution in [2.24, 2.45) is 0 Å². The molecule has 0 unspecified atom stereocenters. The van der Waals surface area contributed by atoms with Gasteiger partial charge in [0.25, 0.3) is 0 Å². The Hall–Kier alpha value is -7.17. The third-order valence-electron chi connectivity index (χ3n) is 9.00. The van der Waals surface area contributed by atoms with Gasteiger partial charge in [-0.15, -0.1) is 6.42 Å². The summed E-state index contributed by atoms with van der Waals surface area (Å²) in [6.07, 6.45) is 24.9. The molecule has 0 atom stereocenters. The average molecular weight is 642 g/mol. The molecular formula is C43H27N7. The first-order valence-electron chi connectivity index (χ1n) is 16.2. The van der Waals surface area contributed by atoms with Crippen LogP contribution in [0.5, 0.6) is 0 Å². The van der Waals surface area contributed by atoms with Crippen molar-refractivity contribution >= 4 is 46.4 Å². The predicted octanol–water partition coefficient (Wildman–Crippen LogP) is 9.49. The Morgan fingerprint density at radius 3 is 0.980 bits per heavy atom. The largest absolute Gasteiger partial charge is 0.354 e. The summed E-state index contributed by atoms with van der Waals surface area (Å²) in [6, 6.07) is 28.5. The normalized spacial score (nSPS) is 11.8. The van der Waals surface area contributed by atoms with E-state index in [-0.39, 0.29) is 0 Å². The molecule has 0 radical (unpaired) electrons. The molecule has 0 saturated heterocycles. The van der Waals surface area contributed by atoms with Crippen LogP contribution in [0.15, 0.2) is 122 Å². The number of hydrogen-bond acceptors (Lipinski definition) is 5. The van der Waals surface area contributed by atoms with E-state index in [1.54, 1.807) is 24.8 Å². The summed E-state index contributed by atoms with van der Waals surface area (Å²) in [4.78, 5) is 31.0. The van der Waals surface area contributed by atoms with Crippen LogP contribution in [-0.4, -0.2) is 34.9 Å². The van der Waals surface area contributed by atoms with E-state index in [0.29, 0.717) is 0 Å². The Labute approximate surface area is 287 Å². The van der Waals surface area contributed by atoms with Gasteiger partial charge in [0, 0.05) is 87.1 Å². The zero-order valence-corrected chi connectivity index (χ0v) is 26.7. The SMILES string of the molecule is C#Cc1ccc(-c2c3nc(c(-c4ccncc4)c4ccc([nH]4)c(-c4ccncc4)c4nc(c(-c5ccncc5)c5ccc2[nH]5)C=C4)C=C3)cc1. The number of fused-ring (bicyclic) bond motifs is 8. The molecule has 9 rings (SSSR count). The van der Waals surface area contributed by atoms with Crippen molar-refractivity contribution in [1.82, 2.24) is 34.9 Å². The molecule has 0 aliphatic carbocycles. The van der Waals surface area contributed by atoms with Gasteiger partial charge in [0.05, 0.1) is 22.8 Å². The van der Waals surface area contributed by atoms with Gasteiger partial charge < -0.3 is 9.97 Å². The standard InChI is InChI=1S/C43H27N7/c1-2-27-3-5-28(6-4-27)40-32-7-9-34(47-32)41(29-15-21-44-22-16-29)36-11-13-38(49-36)43(31-19-25-46-26-20-31)39-14-12-37(50-39)42(30-17-23-45-24-18-30)35-10-8-33(40)48-35/h1,3-26,47,50H. The second-order valence-electron chi connectivity index (χ2n) is 11.9. The van der Waals surface area contributed by atoms with Crippen molar-refractivity contribution in [2.75, 3.05) is 0 Å². The Bertz CT molecular complexity index is 2640. The van der Waals surface area contributed by atoms with E-state index < -0.39 is 0 Å². The van der Waals surface area contributed by atoms with E-state index in [1.165, 1.54) is 0 Å². The lowest BCUT2D eigenvalue weighted by Gasteiger charge is -2.07. The Morgan fingerprint density at radius 2 is 0.680 bits per heavy atom. The first-order valence-corrected chi connectivity index (χ1v) is 16.2. The number of pyridine rings is 3. The fourth-order valence-electron chi connectivity index (χ4n) is 6.71. The topological polar surface area (TPSA) is 96.0 Å². The quantitative estimate of drug-likeness (QED) is 0.187. The second-order valence-corrected chi connectivity index (χ2v) is 11.9. The molecule has 50 heavy (non-hydrogen) atoms. The molecule has 1 aromatic carbocycles. The van der Waals surface area contributed by atoms with Crippen LogP contribution in [0.2, 0.25) is 0 Å². The lowest BCUT2D eigenvalue weighted by molar-refractivity contribution is 1.29. The van der Waals surface area contributed by atoms with Crippen LogP contribution in [0, 0.1) is 12.3 Å². The maximum absolute atomic E-state index is 5.73. The summed E-state index contributed by atoms with van der Waals surface area (Å²) in [6.45, 7) is 0. The van der Waals surface area contributed by atoms with E-state index in [2.05, 4.69) is 91.5 Å². The molecule has 7 heteroatoms. The van der Waals surface area contributed by atoms with Gasteiger partial charge in [-0.25, -0.2) is 9.97 Å². The van der Waals surface area contributed by atoms with Crippen LogP contribution in [0.4, 0.5) is 0 Å². The highest BCUT2D eigenvalue weighted by atomic mass is 14.8. The molecule has 2 aliphatic rings. The number of rotatable bonds is 4. The van der Waals surface area contributed by atoms with Gasteiger partial charge in [-0.05, 0) is 119 Å². The summed E-state index contributed by atoms with van der Waals surface area (Å²) in [5.41, 5.74) is 15.7. The van der Waals surface area contributed by atoms with Crippen LogP contribution in [-0.2, 0) is 0 Å². The predicted molar refractivity (Wildman–Crippen MR) is 202 cm³/mol. The molecule has 2 N–H and O–H groups in total. The molecule has 0 saturated carbocycles. The lowest BCUT2D eigenvalue weighted by atomic mass is 10.0. The number of nitrogens with zero attached hydrogens (tertiary/aromatic N) is 5. The molecule has 0 fully saturated rings. The number of nitrogens with one attached hydrogen (secondary N) is 2. The average Bonchev–Trinajstić information content (AvgIpc) is 4.01. The zero-order valence-electron chi connectivity index (χ0n) is 26.7. The van der Waals surface area contributed by atoms with E-state index in [0.717, 1.165) is 94.9 Å². The van der Waals surface area contributed by atoms with Crippen LogP contribution in [0.1, 0.15) is 28.3 Å². The van der Waals surface area contributed by atoms with Gasteiger partial charge in [0.2, 0.25) is 0 Å². The number of aromatic nitrogens is 7. The third-order valence-corrected chi connectivity index (χ3v) is 9.00. The second kappa shape index (κ2) is 12.1. The van der Waals surface area contributed by atoms with Crippen molar-refractivity contribution in [3.05, 3.63) is 150 Å². The zero-order chi connectivity index (χ0) is 33.4. The fourth-order valence-corrected chi connectivity index (χ4v) is 6.71. The maximum atomic E-state index is 5.73. The smallest absolute Gasteiger partial charge is 0.0737 e. The Balaban J connectivity index is 1.47. The molecule has 7 nitrogen and oxygen atoms in total. The first-order chi connectivity index (χ1) is 24.7. The van der Waals surface area contributed by atoms with Crippen LogP contribution in [0.3, 0.4) is 0 Å². The molecule has 7 aromatic rings. The highest BCUT2D eigenvalue weighted by Crippen LogP contribution is 2.38. The number of terminal acetylenes is 1. The summed E-state index contributed by atoms with van der Waals surface area (Å²) in [5.74, 6) is 2.74. The van der Waals surface area contributed by atoms with Crippen LogP contribution < -0.4 is 0 Å². The number of aromatic amines is 2. The van der Waals surface area contributed by atoms with E-state index in [9.17, 15) is 0 Å². The molecular weight excluding hydrogens is 615 g/mol. The van der Waals surface area contributed by atoms with Crippen molar-refractivity contribution in [1.29, 1.82) is 0 Å². The highest BCUT2D eigenvalue weighted by molar-refractivity contribution is 5.99. The van der Waals surface area contributed by atoms with Crippen LogP contribution >= 0.6 is 0 Å². The summed E-state index contributed by atoms with van der Waals surface area (Å²) >= 11 is 0. The van der Waals surface area contributed by atoms with Gasteiger partial charge in [-0.2, -0.15) is 0 Å². The highest BCUT2D eigenvalue weighted by Gasteiger charge is 2.18. The lowest BCUT2D eigenvalue weighted by Crippen LogP contribution is -1.90. The van der Waals surface area contributed by atoms with Crippen LogP contribution in [0.25, 0.3) is 90.9 Å². The molecule has 2 aliphatic heterocycles. The van der Waals surface area contributed by atoms with Crippen molar-refractivity contribution in [3.63, 3.8) is 0 Å². The van der Waals surface area contributed by atoms with Crippen molar-refractivity contribution < 1.29 is 0 Å². The van der Waals surface area contributed by atoms with Gasteiger partial charge in [0.1, 0.15) is 0 Å². The summed E-state index contributed by atoms with van der Waals surface area (Å²) < 4.78 is 0. The number of H-pyrrole nitrogens is 2. The van der Waals surface area contributed by atoms with Gasteiger partial charge in [-0.1, -0.05) is 18.1 Å². The number of hydrogen-bond donors (Lipinski definition) is 2. The van der Waals surface area contributed by atoms with E-state index in [4.69, 9.17) is 16.4 Å². The fraction of sp³-hybridized carbons (Fsp3) is 0. The molecule has 0 amide bonds.